The normalized spacial score (nSPS) is 22.5. The quantitative estimate of drug-likeness (QED) is 0.481. The molecule has 1 saturated heterocycles. The summed E-state index contributed by atoms with van der Waals surface area (Å²) in [5.41, 5.74) is -0.778. The van der Waals surface area contributed by atoms with Gasteiger partial charge in [0.25, 0.3) is 5.91 Å². The van der Waals surface area contributed by atoms with Crippen molar-refractivity contribution in [3.63, 3.8) is 0 Å². The van der Waals surface area contributed by atoms with Gasteiger partial charge in [0.15, 0.2) is 0 Å². The summed E-state index contributed by atoms with van der Waals surface area (Å²) in [6.07, 6.45) is 0.195. The molecule has 9 heteroatoms. The Morgan fingerprint density at radius 2 is 1.78 bits per heavy atom. The maximum absolute atomic E-state index is 15.0. The van der Waals surface area contributed by atoms with Gasteiger partial charge in [-0.15, -0.1) is 0 Å². The summed E-state index contributed by atoms with van der Waals surface area (Å²) in [4.78, 5) is 18.7. The molecule has 6 nitrogen and oxygen atoms in total. The lowest BCUT2D eigenvalue weighted by Crippen LogP contribution is -2.74. The fraction of sp³-hybridized carbons (Fsp3) is 0.500. The second-order valence-corrected chi connectivity index (χ2v) is 11.5. The summed E-state index contributed by atoms with van der Waals surface area (Å²) in [5, 5.41) is 6.44. The van der Waals surface area contributed by atoms with Gasteiger partial charge in [-0.1, -0.05) is 45.4 Å². The topological polar surface area (TPSA) is 58.0 Å². The van der Waals surface area contributed by atoms with Gasteiger partial charge >= 0.3 is 0 Å². The maximum Gasteiger partial charge on any atom is 0.257 e. The molecule has 2 N–H and O–H groups in total. The van der Waals surface area contributed by atoms with Crippen LogP contribution in [0.3, 0.4) is 0 Å². The highest BCUT2D eigenvalue weighted by molar-refractivity contribution is 6.33. The number of amides is 1. The van der Waals surface area contributed by atoms with Crippen molar-refractivity contribution >= 4 is 23.2 Å². The van der Waals surface area contributed by atoms with Crippen LogP contribution in [0.2, 0.25) is 5.02 Å². The van der Waals surface area contributed by atoms with Crippen molar-refractivity contribution in [3.05, 3.63) is 69.5 Å². The Bertz CT molecular complexity index is 1180. The van der Waals surface area contributed by atoms with Crippen LogP contribution < -0.4 is 15.4 Å². The van der Waals surface area contributed by atoms with E-state index in [1.54, 1.807) is 18.2 Å². The van der Waals surface area contributed by atoms with Gasteiger partial charge in [-0.25, -0.2) is 13.6 Å². The summed E-state index contributed by atoms with van der Waals surface area (Å²) in [5.74, 6) is -1.98. The van der Waals surface area contributed by atoms with E-state index in [-0.39, 0.29) is 6.10 Å². The largest absolute Gasteiger partial charge is 0.489 e. The highest BCUT2D eigenvalue weighted by Gasteiger charge is 2.64. The van der Waals surface area contributed by atoms with E-state index >= 15 is 0 Å². The van der Waals surface area contributed by atoms with Gasteiger partial charge in [0.05, 0.1) is 11.6 Å². The van der Waals surface area contributed by atoms with Crippen LogP contribution in [0, 0.1) is 29.0 Å². The molecule has 1 aliphatic heterocycles. The molecule has 2 aromatic rings. The predicted octanol–water partition coefficient (Wildman–Crippen LogP) is 5.23. The summed E-state index contributed by atoms with van der Waals surface area (Å²) in [6, 6.07) is 7.01. The zero-order chi connectivity index (χ0) is 27.0. The molecule has 2 aliphatic rings. The third-order valence-electron chi connectivity index (χ3n) is 7.66. The number of rotatable bonds is 7. The summed E-state index contributed by atoms with van der Waals surface area (Å²) >= 11 is 6.15. The van der Waals surface area contributed by atoms with Gasteiger partial charge in [0, 0.05) is 49.6 Å². The van der Waals surface area contributed by atoms with Crippen molar-refractivity contribution in [1.82, 2.24) is 15.5 Å². The number of benzene rings is 2. The minimum Gasteiger partial charge on any atom is -0.489 e. The van der Waals surface area contributed by atoms with Crippen molar-refractivity contribution in [2.24, 2.45) is 10.8 Å². The minimum absolute atomic E-state index is 0.301. The standard InChI is InChI=1S/C28H33ClF2N4O2/c1-27(2)25(28(3,4)26(27)37-18-6-7-22(32-5)19(29)16-18)34-24(36)23-20(30)14-17(15-21(23)31)8-11-35-12-9-33-10-13-35/h6-7,14-16,25-26,33H,8-13H2,1-4H3,(H,34,36). The third kappa shape index (κ3) is 5.45. The summed E-state index contributed by atoms with van der Waals surface area (Å²) < 4.78 is 36.2. The number of nitrogens with zero attached hydrogens (tertiary/aromatic N) is 2. The zero-order valence-electron chi connectivity index (χ0n) is 21.6. The van der Waals surface area contributed by atoms with Crippen molar-refractivity contribution in [2.75, 3.05) is 32.7 Å². The van der Waals surface area contributed by atoms with Crippen molar-refractivity contribution < 1.29 is 18.3 Å². The molecule has 2 aromatic carbocycles. The lowest BCUT2D eigenvalue weighted by atomic mass is 9.49. The molecule has 0 spiro atoms. The number of hydrogen-bond acceptors (Lipinski definition) is 4. The van der Waals surface area contributed by atoms with Crippen LogP contribution in [0.15, 0.2) is 30.3 Å². The molecule has 1 saturated carbocycles. The Hall–Kier alpha value is -2.73. The van der Waals surface area contributed by atoms with E-state index in [4.69, 9.17) is 22.9 Å². The molecule has 1 amide bonds. The first-order valence-corrected chi connectivity index (χ1v) is 12.9. The van der Waals surface area contributed by atoms with E-state index in [2.05, 4.69) is 20.4 Å². The maximum atomic E-state index is 15.0. The number of piperazine rings is 1. The van der Waals surface area contributed by atoms with Crippen molar-refractivity contribution in [2.45, 2.75) is 46.3 Å². The van der Waals surface area contributed by atoms with E-state index in [0.29, 0.717) is 35.0 Å². The molecule has 0 radical (unpaired) electrons. The molecular weight excluding hydrogens is 498 g/mol. The smallest absolute Gasteiger partial charge is 0.257 e. The average molecular weight is 531 g/mol. The Labute approximate surface area is 222 Å². The van der Waals surface area contributed by atoms with Crippen LogP contribution >= 0.6 is 11.6 Å². The van der Waals surface area contributed by atoms with Gasteiger partial charge in [0.2, 0.25) is 5.69 Å². The Kier molecular flexibility index (Phi) is 7.80. The van der Waals surface area contributed by atoms with Crippen LogP contribution in [0.1, 0.15) is 43.6 Å². The van der Waals surface area contributed by atoms with Crippen LogP contribution in [0.4, 0.5) is 14.5 Å². The fourth-order valence-electron chi connectivity index (χ4n) is 6.00. The lowest BCUT2D eigenvalue weighted by Gasteiger charge is -2.63. The molecule has 2 fully saturated rings. The van der Waals surface area contributed by atoms with Gasteiger partial charge in [-0.05, 0) is 36.2 Å². The lowest BCUT2D eigenvalue weighted by molar-refractivity contribution is -0.164. The first-order valence-electron chi connectivity index (χ1n) is 12.5. The minimum atomic E-state index is -0.856. The molecule has 4 rings (SSSR count). The third-order valence-corrected chi connectivity index (χ3v) is 7.97. The van der Waals surface area contributed by atoms with E-state index in [0.717, 1.165) is 26.2 Å². The van der Waals surface area contributed by atoms with Crippen molar-refractivity contribution in [1.29, 1.82) is 0 Å². The Balaban J connectivity index is 1.44. The van der Waals surface area contributed by atoms with E-state index < -0.39 is 40.0 Å². The Morgan fingerprint density at radius 3 is 2.35 bits per heavy atom. The number of carbonyl (C=O) groups is 1. The molecule has 0 unspecified atom stereocenters. The number of nitrogens with one attached hydrogen (secondary N) is 2. The Morgan fingerprint density at radius 1 is 1.16 bits per heavy atom. The summed E-state index contributed by atoms with van der Waals surface area (Å²) in [7, 11) is 0. The predicted molar refractivity (Wildman–Crippen MR) is 140 cm³/mol. The number of halogens is 3. The number of carbonyl (C=O) groups excluding carboxylic acids is 1. The van der Waals surface area contributed by atoms with E-state index in [9.17, 15) is 13.6 Å². The molecule has 0 aromatic heterocycles. The van der Waals surface area contributed by atoms with Crippen LogP contribution in [-0.4, -0.2) is 55.7 Å². The molecule has 0 atom stereocenters. The highest BCUT2D eigenvalue weighted by atomic mass is 35.5. The average Bonchev–Trinajstić information content (AvgIpc) is 2.84. The fourth-order valence-corrected chi connectivity index (χ4v) is 6.21. The zero-order valence-corrected chi connectivity index (χ0v) is 22.4. The first kappa shape index (κ1) is 27.3. The first-order chi connectivity index (χ1) is 17.4. The molecule has 1 aliphatic carbocycles. The van der Waals surface area contributed by atoms with Crippen LogP contribution in [0.25, 0.3) is 4.85 Å². The summed E-state index contributed by atoms with van der Waals surface area (Å²) in [6.45, 7) is 19.2. The molecule has 37 heavy (non-hydrogen) atoms. The molecule has 198 valence electrons. The van der Waals surface area contributed by atoms with Crippen molar-refractivity contribution in [3.8, 4) is 5.75 Å². The highest BCUT2D eigenvalue weighted by Crippen LogP contribution is 2.55. The van der Waals surface area contributed by atoms with Gasteiger partial charge < -0.3 is 20.3 Å². The van der Waals surface area contributed by atoms with Crippen LogP contribution in [-0.2, 0) is 6.42 Å². The molecular formula is C28H33ClF2N4O2. The SMILES string of the molecule is [C-]#[N+]c1ccc(OC2C(C)(C)C(NC(=O)c3c(F)cc(CCN4CCNCC4)cc3F)C2(C)C)cc1Cl. The second-order valence-electron chi connectivity index (χ2n) is 11.0. The van der Waals surface area contributed by atoms with Gasteiger partial charge in [0.1, 0.15) is 29.1 Å². The molecule has 0 bridgehead atoms. The second kappa shape index (κ2) is 10.6. The van der Waals surface area contributed by atoms with Crippen LogP contribution in [0.5, 0.6) is 5.75 Å². The van der Waals surface area contributed by atoms with Gasteiger partial charge in [-0.3, -0.25) is 4.79 Å². The van der Waals surface area contributed by atoms with E-state index in [1.807, 2.05) is 27.7 Å². The monoisotopic (exact) mass is 530 g/mol. The molecule has 1 heterocycles. The van der Waals surface area contributed by atoms with E-state index in [1.165, 1.54) is 12.1 Å². The van der Waals surface area contributed by atoms with Gasteiger partial charge in [-0.2, -0.15) is 0 Å². The number of ether oxygens (including phenoxy) is 1. The number of hydrogen-bond donors (Lipinski definition) is 2.